The molecule has 480 valence electrons. The fourth-order valence-corrected chi connectivity index (χ4v) is 13.0. The fourth-order valence-electron chi connectivity index (χ4n) is 13.0. The highest BCUT2D eigenvalue weighted by atomic mass is 14.2. The molecule has 0 N–H and O–H groups in total. The molecule has 0 unspecified atom stereocenters. The van der Waals surface area contributed by atoms with Crippen LogP contribution in [0.4, 0.5) is 0 Å². The second-order valence-electron chi connectivity index (χ2n) is 25.4. The molecule has 0 heteroatoms. The zero-order valence-electron chi connectivity index (χ0n) is 57.3. The summed E-state index contributed by atoms with van der Waals surface area (Å²) in [5, 5.41) is 0. The van der Waals surface area contributed by atoms with E-state index >= 15 is 0 Å². The van der Waals surface area contributed by atoms with Gasteiger partial charge in [0.1, 0.15) is 0 Å². The lowest BCUT2D eigenvalue weighted by Crippen LogP contribution is -1.86. The van der Waals surface area contributed by atoms with Crippen LogP contribution in [0.5, 0.6) is 0 Å². The van der Waals surface area contributed by atoms with Gasteiger partial charge in [0.25, 0.3) is 0 Å². The number of aryl methyl sites for hydroxylation is 4. The Bertz CT molecular complexity index is 5260. The molecule has 0 aliphatic rings. The van der Waals surface area contributed by atoms with Gasteiger partial charge in [0.05, 0.1) is 0 Å². The van der Waals surface area contributed by atoms with Crippen molar-refractivity contribution in [3.05, 3.63) is 435 Å². The van der Waals surface area contributed by atoms with E-state index in [1.807, 2.05) is 0 Å². The minimum Gasteiger partial charge on any atom is -0.0622 e. The molecule has 0 heterocycles. The summed E-state index contributed by atoms with van der Waals surface area (Å²) in [7, 11) is 0. The number of hydrogen-bond donors (Lipinski definition) is 0. The van der Waals surface area contributed by atoms with Crippen LogP contribution in [-0.2, 0) is 0 Å². The van der Waals surface area contributed by atoms with E-state index in [1.165, 1.54) is 156 Å². The first kappa shape index (κ1) is 66.1. The Labute approximate surface area is 592 Å². The molecule has 16 aromatic carbocycles. The molecule has 0 radical (unpaired) electrons. The van der Waals surface area contributed by atoms with Crippen molar-refractivity contribution in [1.82, 2.24) is 0 Å². The highest BCUT2D eigenvalue weighted by molar-refractivity contribution is 5.87. The number of hydrogen-bond acceptors (Lipinski definition) is 0. The van der Waals surface area contributed by atoms with Gasteiger partial charge in [-0.25, -0.2) is 0 Å². The molecule has 16 rings (SSSR count). The summed E-state index contributed by atoms with van der Waals surface area (Å²) in [6.45, 7) is 8.59. The average Bonchev–Trinajstić information content (AvgIpc) is 0.829. The van der Waals surface area contributed by atoms with Gasteiger partial charge in [-0.15, -0.1) is 0 Å². The van der Waals surface area contributed by atoms with E-state index in [-0.39, 0.29) is 0 Å². The summed E-state index contributed by atoms with van der Waals surface area (Å²) in [5.41, 5.74) is 35.4. The van der Waals surface area contributed by atoms with Crippen molar-refractivity contribution in [3.8, 4) is 134 Å². The summed E-state index contributed by atoms with van der Waals surface area (Å²) in [6.07, 6.45) is 0. The van der Waals surface area contributed by atoms with Gasteiger partial charge in [0, 0.05) is 0 Å². The summed E-state index contributed by atoms with van der Waals surface area (Å²) < 4.78 is 0. The van der Waals surface area contributed by atoms with Crippen LogP contribution in [0.3, 0.4) is 0 Å². The maximum absolute atomic E-state index is 2.28. The van der Waals surface area contributed by atoms with Gasteiger partial charge >= 0.3 is 0 Å². The predicted octanol–water partition coefficient (Wildman–Crippen LogP) is 28.0. The molecule has 16 aromatic rings. The van der Waals surface area contributed by atoms with Crippen LogP contribution in [0.2, 0.25) is 0 Å². The first-order valence-corrected chi connectivity index (χ1v) is 34.5. The Kier molecular flexibility index (Phi) is 21.5. The van der Waals surface area contributed by atoms with Crippen LogP contribution in [0.25, 0.3) is 134 Å². The molecule has 0 nitrogen and oxygen atoms in total. The van der Waals surface area contributed by atoms with Crippen LogP contribution in [0.15, 0.2) is 413 Å². The largest absolute Gasteiger partial charge is 0.0622 e. The van der Waals surface area contributed by atoms with Gasteiger partial charge in [-0.1, -0.05) is 405 Å². The normalized spacial score (nSPS) is 10.6. The van der Waals surface area contributed by atoms with Gasteiger partial charge in [-0.3, -0.25) is 0 Å². The Hall–Kier alpha value is -12.5. The Balaban J connectivity index is 0.000000119. The highest BCUT2D eigenvalue weighted by Crippen LogP contribution is 2.37. The molecule has 0 spiro atoms. The third kappa shape index (κ3) is 16.7. The number of benzene rings is 16. The molecule has 100 heavy (non-hydrogen) atoms. The van der Waals surface area contributed by atoms with E-state index in [2.05, 4.69) is 440 Å². The Morgan fingerprint density at radius 2 is 0.310 bits per heavy atom. The zero-order chi connectivity index (χ0) is 68.2. The summed E-state index contributed by atoms with van der Waals surface area (Å²) in [5.74, 6) is 0. The van der Waals surface area contributed by atoms with E-state index in [1.54, 1.807) is 0 Å². The lowest BCUT2D eigenvalue weighted by Gasteiger charge is -2.11. The summed E-state index contributed by atoms with van der Waals surface area (Å²) >= 11 is 0. The first-order valence-electron chi connectivity index (χ1n) is 34.5. The van der Waals surface area contributed by atoms with Gasteiger partial charge in [0.15, 0.2) is 0 Å². The molecule has 0 atom stereocenters. The van der Waals surface area contributed by atoms with E-state index in [9.17, 15) is 0 Å². The van der Waals surface area contributed by atoms with Crippen molar-refractivity contribution in [2.24, 2.45) is 0 Å². The molecule has 0 aliphatic carbocycles. The minimum absolute atomic E-state index is 1.25. The van der Waals surface area contributed by atoms with Crippen LogP contribution in [0, 0.1) is 27.7 Å². The van der Waals surface area contributed by atoms with E-state index < -0.39 is 0 Å². The monoisotopic (exact) mass is 1280 g/mol. The molecular weight excluding hydrogens is 1200 g/mol. The predicted molar refractivity (Wildman–Crippen MR) is 430 cm³/mol. The van der Waals surface area contributed by atoms with Crippen LogP contribution < -0.4 is 0 Å². The molecule has 0 saturated heterocycles. The van der Waals surface area contributed by atoms with Gasteiger partial charge in [-0.05, 0) is 191 Å². The Morgan fingerprint density at radius 1 is 0.110 bits per heavy atom. The van der Waals surface area contributed by atoms with Crippen molar-refractivity contribution < 1.29 is 0 Å². The fraction of sp³-hybridized carbons (Fsp3) is 0.0400. The average molecular weight is 1280 g/mol. The van der Waals surface area contributed by atoms with Crippen molar-refractivity contribution in [2.45, 2.75) is 27.7 Å². The quantitative estimate of drug-likeness (QED) is 0.114. The lowest BCUT2D eigenvalue weighted by atomic mass is 9.93. The maximum Gasteiger partial charge on any atom is -0.0105 e. The summed E-state index contributed by atoms with van der Waals surface area (Å²) in [6, 6.07) is 147. The molecule has 0 bridgehead atoms. The molecular formula is C100H80. The van der Waals surface area contributed by atoms with Crippen molar-refractivity contribution in [3.63, 3.8) is 0 Å². The lowest BCUT2D eigenvalue weighted by molar-refractivity contribution is 1.46. The minimum atomic E-state index is 1.25. The van der Waals surface area contributed by atoms with Gasteiger partial charge < -0.3 is 0 Å². The van der Waals surface area contributed by atoms with Gasteiger partial charge in [0.2, 0.25) is 0 Å². The van der Waals surface area contributed by atoms with E-state index in [0.717, 1.165) is 0 Å². The third-order valence-electron chi connectivity index (χ3n) is 18.4. The zero-order valence-corrected chi connectivity index (χ0v) is 57.3. The van der Waals surface area contributed by atoms with Crippen LogP contribution in [-0.4, -0.2) is 0 Å². The molecule has 0 fully saturated rings. The smallest absolute Gasteiger partial charge is 0.0105 e. The molecule has 0 aromatic heterocycles. The van der Waals surface area contributed by atoms with Gasteiger partial charge in [-0.2, -0.15) is 0 Å². The van der Waals surface area contributed by atoms with Crippen LogP contribution in [0.1, 0.15) is 22.3 Å². The van der Waals surface area contributed by atoms with E-state index in [0.29, 0.717) is 0 Å². The van der Waals surface area contributed by atoms with E-state index in [4.69, 9.17) is 0 Å². The Morgan fingerprint density at radius 3 is 0.640 bits per heavy atom. The van der Waals surface area contributed by atoms with Crippen LogP contribution >= 0.6 is 0 Å². The standard InChI is InChI=1S/4C25H20/c1-19-9-5-6-16-25(19)24-15-8-14-23(18-24)22-13-7-12-21(17-22)20-10-3-2-4-11-20;1-19-8-7-11-23(18-19)25-13-6-5-12-24(25)22-16-14-21(15-17-22)20-9-3-2-4-10-20;1-19-8-5-6-13-25(19)24-12-7-11-23(18-24)22-16-14-21(15-17-22)20-9-3-2-4-10-20;1-19-11-13-22(14-12-19)24-9-5-6-10-25(24)23-17-15-21(16-18-23)20-7-3-2-4-8-20/h4*2-18H,1H3. The summed E-state index contributed by atoms with van der Waals surface area (Å²) in [4.78, 5) is 0. The molecule has 0 amide bonds. The van der Waals surface area contributed by atoms with Crippen molar-refractivity contribution >= 4 is 0 Å². The molecule has 0 aliphatic heterocycles. The van der Waals surface area contributed by atoms with Crippen molar-refractivity contribution in [2.75, 3.05) is 0 Å². The second-order valence-corrected chi connectivity index (χ2v) is 25.4. The molecule has 0 saturated carbocycles. The third-order valence-corrected chi connectivity index (χ3v) is 18.4. The maximum atomic E-state index is 2.28. The topological polar surface area (TPSA) is 0 Å². The SMILES string of the molecule is Cc1ccc(-c2ccccc2-c2ccc(-c3ccccc3)cc2)cc1.Cc1cccc(-c2ccccc2-c2ccc(-c3ccccc3)cc2)c1.Cc1ccccc1-c1cccc(-c2ccc(-c3ccccc3)cc2)c1.Cc1ccccc1-c1cccc(-c2cccc(-c3ccccc3)c2)c1. The first-order chi connectivity index (χ1) is 49.2. The second kappa shape index (κ2) is 32.5. The highest BCUT2D eigenvalue weighted by Gasteiger charge is 2.12. The van der Waals surface area contributed by atoms with Crippen molar-refractivity contribution in [1.29, 1.82) is 0 Å². The number of rotatable bonds is 12.